The highest BCUT2D eigenvalue weighted by Gasteiger charge is 2.17. The molecule has 0 spiro atoms. The lowest BCUT2D eigenvalue weighted by Crippen LogP contribution is -2.29. The fourth-order valence-electron chi connectivity index (χ4n) is 2.86. The standard InChI is InChI=1S/C20H17FN4O2/c1-25(20(26)14-7-3-4-8-15(14)21)11-10-18-23-19(27-24-18)17-12-13-6-2-5-9-16(13)22-17/h2-9,12,22H,10-11H2,1H3. The average Bonchev–Trinajstić information content (AvgIpc) is 3.32. The van der Waals surface area contributed by atoms with Gasteiger partial charge in [-0.1, -0.05) is 35.5 Å². The van der Waals surface area contributed by atoms with Crippen molar-refractivity contribution in [3.63, 3.8) is 0 Å². The maximum atomic E-state index is 13.8. The number of carbonyl (C=O) groups excluding carboxylic acids is 1. The number of likely N-dealkylation sites (N-methyl/N-ethyl adjacent to an activating group) is 1. The minimum atomic E-state index is -0.532. The van der Waals surface area contributed by atoms with Crippen LogP contribution in [0.25, 0.3) is 22.5 Å². The second-order valence-electron chi connectivity index (χ2n) is 6.24. The third kappa shape index (κ3) is 3.44. The summed E-state index contributed by atoms with van der Waals surface area (Å²) in [5.41, 5.74) is 1.78. The fraction of sp³-hybridized carbons (Fsp3) is 0.150. The molecule has 136 valence electrons. The minimum Gasteiger partial charge on any atom is -0.351 e. The molecular formula is C20H17FN4O2. The molecule has 0 aliphatic carbocycles. The van der Waals surface area contributed by atoms with Crippen molar-refractivity contribution in [3.05, 3.63) is 71.8 Å². The van der Waals surface area contributed by atoms with Crippen LogP contribution in [-0.4, -0.2) is 39.5 Å². The number of nitrogens with zero attached hydrogens (tertiary/aromatic N) is 3. The quantitative estimate of drug-likeness (QED) is 0.586. The van der Waals surface area contributed by atoms with Crippen LogP contribution in [0.15, 0.2) is 59.1 Å². The molecule has 0 aliphatic heterocycles. The molecule has 0 saturated heterocycles. The van der Waals surface area contributed by atoms with Crippen LogP contribution in [0.2, 0.25) is 0 Å². The van der Waals surface area contributed by atoms with E-state index in [2.05, 4.69) is 15.1 Å². The van der Waals surface area contributed by atoms with Gasteiger partial charge in [0.25, 0.3) is 11.8 Å². The van der Waals surface area contributed by atoms with Crippen LogP contribution in [0.4, 0.5) is 4.39 Å². The molecule has 2 aromatic carbocycles. The topological polar surface area (TPSA) is 75.0 Å². The Kier molecular flexibility index (Phi) is 4.42. The van der Waals surface area contributed by atoms with Crippen molar-refractivity contribution in [2.75, 3.05) is 13.6 Å². The zero-order chi connectivity index (χ0) is 18.8. The Bertz CT molecular complexity index is 1070. The van der Waals surface area contributed by atoms with Gasteiger partial charge in [-0.15, -0.1) is 0 Å². The van der Waals surface area contributed by atoms with Crippen molar-refractivity contribution >= 4 is 16.8 Å². The number of carbonyl (C=O) groups is 1. The number of rotatable bonds is 5. The molecular weight excluding hydrogens is 347 g/mol. The van der Waals surface area contributed by atoms with Gasteiger partial charge in [0.1, 0.15) is 11.5 Å². The van der Waals surface area contributed by atoms with Crippen LogP contribution in [0.5, 0.6) is 0 Å². The van der Waals surface area contributed by atoms with Gasteiger partial charge >= 0.3 is 0 Å². The maximum Gasteiger partial charge on any atom is 0.274 e. The first-order valence-electron chi connectivity index (χ1n) is 8.52. The number of para-hydroxylation sites is 1. The number of H-pyrrole nitrogens is 1. The first-order chi connectivity index (χ1) is 13.1. The van der Waals surface area contributed by atoms with E-state index in [0.29, 0.717) is 24.7 Å². The van der Waals surface area contributed by atoms with Crippen LogP contribution in [-0.2, 0) is 6.42 Å². The van der Waals surface area contributed by atoms with Gasteiger partial charge in [-0.25, -0.2) is 4.39 Å². The lowest BCUT2D eigenvalue weighted by atomic mass is 10.2. The maximum absolute atomic E-state index is 13.8. The summed E-state index contributed by atoms with van der Waals surface area (Å²) in [4.78, 5) is 21.4. The van der Waals surface area contributed by atoms with E-state index in [4.69, 9.17) is 4.52 Å². The highest BCUT2D eigenvalue weighted by atomic mass is 19.1. The molecule has 0 radical (unpaired) electrons. The third-order valence-corrected chi connectivity index (χ3v) is 4.35. The van der Waals surface area contributed by atoms with Gasteiger partial charge < -0.3 is 14.4 Å². The van der Waals surface area contributed by atoms with Gasteiger partial charge in [-0.3, -0.25) is 4.79 Å². The molecule has 0 saturated carbocycles. The van der Waals surface area contributed by atoms with E-state index in [9.17, 15) is 9.18 Å². The molecule has 1 amide bonds. The predicted molar refractivity (Wildman–Crippen MR) is 98.7 cm³/mol. The molecule has 0 unspecified atom stereocenters. The number of amides is 1. The SMILES string of the molecule is CN(CCc1noc(-c2cc3ccccc3[nH]2)n1)C(=O)c1ccccc1F. The highest BCUT2D eigenvalue weighted by molar-refractivity contribution is 5.94. The first kappa shape index (κ1) is 17.0. The van der Waals surface area contributed by atoms with Crippen LogP contribution in [0.1, 0.15) is 16.2 Å². The molecule has 2 aromatic heterocycles. The van der Waals surface area contributed by atoms with Gasteiger partial charge in [-0.05, 0) is 24.3 Å². The molecule has 0 fully saturated rings. The Morgan fingerprint density at radius 1 is 1.19 bits per heavy atom. The minimum absolute atomic E-state index is 0.0480. The second kappa shape index (κ2) is 7.03. The largest absolute Gasteiger partial charge is 0.351 e. The zero-order valence-corrected chi connectivity index (χ0v) is 14.6. The lowest BCUT2D eigenvalue weighted by Gasteiger charge is -2.16. The van der Waals surface area contributed by atoms with Gasteiger partial charge in [0.15, 0.2) is 5.82 Å². The fourth-order valence-corrected chi connectivity index (χ4v) is 2.86. The predicted octanol–water partition coefficient (Wildman–Crippen LogP) is 3.67. The van der Waals surface area contributed by atoms with Crippen molar-refractivity contribution in [3.8, 4) is 11.6 Å². The van der Waals surface area contributed by atoms with Crippen molar-refractivity contribution < 1.29 is 13.7 Å². The Labute approximate surface area is 154 Å². The van der Waals surface area contributed by atoms with Gasteiger partial charge in [0.2, 0.25) is 0 Å². The summed E-state index contributed by atoms with van der Waals surface area (Å²) in [6, 6.07) is 15.7. The van der Waals surface area contributed by atoms with E-state index in [0.717, 1.165) is 16.6 Å². The van der Waals surface area contributed by atoms with E-state index < -0.39 is 5.82 Å². The van der Waals surface area contributed by atoms with Crippen LogP contribution >= 0.6 is 0 Å². The van der Waals surface area contributed by atoms with E-state index >= 15 is 0 Å². The normalized spacial score (nSPS) is 11.0. The third-order valence-electron chi connectivity index (χ3n) is 4.35. The van der Waals surface area contributed by atoms with Crippen molar-refractivity contribution in [1.82, 2.24) is 20.0 Å². The molecule has 4 aromatic rings. The summed E-state index contributed by atoms with van der Waals surface area (Å²) in [5, 5.41) is 5.02. The number of aromatic nitrogens is 3. The van der Waals surface area contributed by atoms with E-state index in [1.165, 1.54) is 17.0 Å². The Hall–Kier alpha value is -3.48. The second-order valence-corrected chi connectivity index (χ2v) is 6.24. The van der Waals surface area contributed by atoms with E-state index in [1.807, 2.05) is 30.3 Å². The Balaban J connectivity index is 1.43. The van der Waals surface area contributed by atoms with Gasteiger partial charge in [0, 0.05) is 30.9 Å². The molecule has 6 nitrogen and oxygen atoms in total. The molecule has 27 heavy (non-hydrogen) atoms. The van der Waals surface area contributed by atoms with Crippen molar-refractivity contribution in [2.45, 2.75) is 6.42 Å². The lowest BCUT2D eigenvalue weighted by molar-refractivity contribution is 0.0791. The first-order valence-corrected chi connectivity index (χ1v) is 8.52. The Morgan fingerprint density at radius 2 is 1.96 bits per heavy atom. The number of fused-ring (bicyclic) bond motifs is 1. The number of nitrogens with one attached hydrogen (secondary N) is 1. The summed E-state index contributed by atoms with van der Waals surface area (Å²) < 4.78 is 19.1. The number of hydrogen-bond acceptors (Lipinski definition) is 4. The van der Waals surface area contributed by atoms with Gasteiger partial charge in [-0.2, -0.15) is 4.98 Å². The number of aromatic amines is 1. The van der Waals surface area contributed by atoms with Crippen molar-refractivity contribution in [1.29, 1.82) is 0 Å². The summed E-state index contributed by atoms with van der Waals surface area (Å²) in [5.74, 6) is -0.0384. The summed E-state index contributed by atoms with van der Waals surface area (Å²) >= 11 is 0. The average molecular weight is 364 g/mol. The summed E-state index contributed by atoms with van der Waals surface area (Å²) in [6.07, 6.45) is 0.403. The van der Waals surface area contributed by atoms with Crippen LogP contribution in [0, 0.1) is 5.82 Å². The van der Waals surface area contributed by atoms with Crippen LogP contribution < -0.4 is 0 Å². The van der Waals surface area contributed by atoms with E-state index in [1.54, 1.807) is 19.2 Å². The number of benzene rings is 2. The zero-order valence-electron chi connectivity index (χ0n) is 14.6. The monoisotopic (exact) mass is 364 g/mol. The van der Waals surface area contributed by atoms with Crippen LogP contribution in [0.3, 0.4) is 0 Å². The number of hydrogen-bond donors (Lipinski definition) is 1. The highest BCUT2D eigenvalue weighted by Crippen LogP contribution is 2.22. The Morgan fingerprint density at radius 3 is 2.78 bits per heavy atom. The molecule has 2 heterocycles. The summed E-state index contributed by atoms with van der Waals surface area (Å²) in [6.45, 7) is 0.346. The van der Waals surface area contributed by atoms with Crippen molar-refractivity contribution in [2.24, 2.45) is 0 Å². The molecule has 0 atom stereocenters. The van der Waals surface area contributed by atoms with Gasteiger partial charge in [0.05, 0.1) is 5.56 Å². The summed E-state index contributed by atoms with van der Waals surface area (Å²) in [7, 11) is 1.62. The van der Waals surface area contributed by atoms with E-state index in [-0.39, 0.29) is 11.5 Å². The number of halogens is 1. The molecule has 4 rings (SSSR count). The molecule has 0 bridgehead atoms. The molecule has 0 aliphatic rings. The molecule has 1 N–H and O–H groups in total. The smallest absolute Gasteiger partial charge is 0.274 e. The molecule has 7 heteroatoms.